The van der Waals surface area contributed by atoms with Gasteiger partial charge in [0.15, 0.2) is 0 Å². The van der Waals surface area contributed by atoms with Gasteiger partial charge in [-0.1, -0.05) is 54.1 Å². The van der Waals surface area contributed by atoms with E-state index in [1.54, 1.807) is 0 Å². The first-order valence-corrected chi connectivity index (χ1v) is 11.2. The van der Waals surface area contributed by atoms with Crippen molar-refractivity contribution in [1.82, 2.24) is 4.57 Å². The molecule has 0 bridgehead atoms. The Morgan fingerprint density at radius 2 is 1.80 bits per heavy atom. The number of hydrogen-bond donors (Lipinski definition) is 1. The summed E-state index contributed by atoms with van der Waals surface area (Å²) in [5.74, 6) is 1.09. The van der Waals surface area contributed by atoms with E-state index in [-0.39, 0.29) is 0 Å². The highest BCUT2D eigenvalue weighted by Crippen LogP contribution is 2.51. The normalized spacial score (nSPS) is 22.3. The Bertz CT molecular complexity index is 1320. The van der Waals surface area contributed by atoms with Crippen molar-refractivity contribution in [2.45, 2.75) is 45.7 Å². The van der Waals surface area contributed by atoms with Gasteiger partial charge in [0.1, 0.15) is 0 Å². The zero-order chi connectivity index (χ0) is 20.4. The van der Waals surface area contributed by atoms with Gasteiger partial charge in [-0.2, -0.15) is 0 Å². The molecule has 3 atom stereocenters. The molecule has 0 saturated heterocycles. The van der Waals surface area contributed by atoms with Gasteiger partial charge in [-0.25, -0.2) is 0 Å². The molecule has 3 unspecified atom stereocenters. The molecule has 2 heteroatoms. The third-order valence-electron chi connectivity index (χ3n) is 7.28. The Hall–Kier alpha value is -3.00. The average molecular weight is 393 g/mol. The zero-order valence-electron chi connectivity index (χ0n) is 17.9. The molecule has 0 saturated carbocycles. The van der Waals surface area contributed by atoms with E-state index in [2.05, 4.69) is 97.4 Å². The number of aryl methyl sites for hydroxylation is 3. The molecule has 0 amide bonds. The third kappa shape index (κ3) is 2.43. The van der Waals surface area contributed by atoms with Crippen LogP contribution in [0, 0.1) is 19.8 Å². The van der Waals surface area contributed by atoms with E-state index in [0.717, 1.165) is 13.0 Å². The largest absolute Gasteiger partial charge is 0.377 e. The first-order chi connectivity index (χ1) is 14.7. The number of benzene rings is 3. The summed E-state index contributed by atoms with van der Waals surface area (Å²) in [6.07, 6.45) is 5.97. The van der Waals surface area contributed by atoms with Crippen molar-refractivity contribution >= 4 is 27.5 Å². The number of hydrogen-bond acceptors (Lipinski definition) is 1. The maximum Gasteiger partial charge on any atom is 0.0554 e. The van der Waals surface area contributed by atoms with Gasteiger partial charge in [0.2, 0.25) is 0 Å². The number of para-hydroxylation sites is 1. The molecular weight excluding hydrogens is 364 g/mol. The Kier molecular flexibility index (Phi) is 3.86. The molecule has 2 aliphatic rings. The Balaban J connectivity index is 1.53. The van der Waals surface area contributed by atoms with Crippen LogP contribution in [0.4, 0.5) is 5.69 Å². The highest BCUT2D eigenvalue weighted by Gasteiger charge is 2.38. The van der Waals surface area contributed by atoms with Crippen molar-refractivity contribution in [3.05, 3.63) is 89.0 Å². The minimum atomic E-state index is 0.340. The summed E-state index contributed by atoms with van der Waals surface area (Å²) in [5, 5.41) is 6.70. The highest BCUT2D eigenvalue weighted by atomic mass is 15.0. The predicted octanol–water partition coefficient (Wildman–Crippen LogP) is 7.26. The van der Waals surface area contributed by atoms with Crippen molar-refractivity contribution in [3.63, 3.8) is 0 Å². The van der Waals surface area contributed by atoms with E-state index >= 15 is 0 Å². The van der Waals surface area contributed by atoms with Crippen LogP contribution in [0.2, 0.25) is 0 Å². The van der Waals surface area contributed by atoms with Crippen molar-refractivity contribution in [2.24, 2.45) is 5.92 Å². The lowest BCUT2D eigenvalue weighted by atomic mass is 9.76. The average Bonchev–Trinajstić information content (AvgIpc) is 3.36. The zero-order valence-corrected chi connectivity index (χ0v) is 17.9. The molecule has 30 heavy (non-hydrogen) atoms. The predicted molar refractivity (Wildman–Crippen MR) is 127 cm³/mol. The molecule has 0 fully saturated rings. The highest BCUT2D eigenvalue weighted by molar-refractivity contribution is 6.08. The van der Waals surface area contributed by atoms with Gasteiger partial charge >= 0.3 is 0 Å². The fourth-order valence-corrected chi connectivity index (χ4v) is 6.01. The topological polar surface area (TPSA) is 17.0 Å². The van der Waals surface area contributed by atoms with Gasteiger partial charge in [0.25, 0.3) is 0 Å². The van der Waals surface area contributed by atoms with Crippen LogP contribution in [0.15, 0.2) is 66.7 Å². The van der Waals surface area contributed by atoms with E-state index in [4.69, 9.17) is 0 Å². The second-order valence-corrected chi connectivity index (χ2v) is 9.06. The lowest BCUT2D eigenvalue weighted by molar-refractivity contribution is 0.425. The Morgan fingerprint density at radius 1 is 0.967 bits per heavy atom. The third-order valence-corrected chi connectivity index (χ3v) is 7.28. The fraction of sp³-hybridized carbons (Fsp3) is 0.286. The van der Waals surface area contributed by atoms with E-state index < -0.39 is 0 Å². The van der Waals surface area contributed by atoms with Gasteiger partial charge in [-0.15, -0.1) is 0 Å². The Morgan fingerprint density at radius 3 is 2.67 bits per heavy atom. The summed E-state index contributed by atoms with van der Waals surface area (Å²) < 4.78 is 2.44. The summed E-state index contributed by atoms with van der Waals surface area (Å²) in [6, 6.07) is 21.0. The molecule has 1 aromatic heterocycles. The standard InChI is InChI=1S/C28H28N2/c1-4-30-25-11-6-5-8-21(25)23-16-19(12-13-26(23)30)28-22-10-7-9-20(22)24-15-17(2)14-18(3)27(24)29-28/h5-9,11-16,20,22,28-29H,4,10H2,1-3H3. The molecule has 150 valence electrons. The van der Waals surface area contributed by atoms with Crippen LogP contribution < -0.4 is 5.32 Å². The van der Waals surface area contributed by atoms with Gasteiger partial charge in [0.05, 0.1) is 6.04 Å². The smallest absolute Gasteiger partial charge is 0.0554 e. The molecule has 2 heterocycles. The van der Waals surface area contributed by atoms with Gasteiger partial charge in [-0.05, 0) is 68.0 Å². The van der Waals surface area contributed by atoms with Crippen molar-refractivity contribution in [1.29, 1.82) is 0 Å². The van der Waals surface area contributed by atoms with Crippen LogP contribution in [0.3, 0.4) is 0 Å². The van der Waals surface area contributed by atoms with E-state index in [0.29, 0.717) is 17.9 Å². The maximum atomic E-state index is 3.97. The first kappa shape index (κ1) is 17.8. The van der Waals surface area contributed by atoms with Gasteiger partial charge < -0.3 is 9.88 Å². The molecular formula is C28H28N2. The van der Waals surface area contributed by atoms with Crippen molar-refractivity contribution in [2.75, 3.05) is 5.32 Å². The summed E-state index contributed by atoms with van der Waals surface area (Å²) in [5.41, 5.74) is 9.62. The molecule has 4 aromatic rings. The molecule has 3 aromatic carbocycles. The number of nitrogens with one attached hydrogen (secondary N) is 1. The number of rotatable bonds is 2. The van der Waals surface area contributed by atoms with E-state index in [1.165, 1.54) is 49.7 Å². The van der Waals surface area contributed by atoms with Crippen LogP contribution in [-0.4, -0.2) is 4.57 Å². The van der Waals surface area contributed by atoms with Crippen molar-refractivity contribution < 1.29 is 0 Å². The van der Waals surface area contributed by atoms with Crippen LogP contribution in [-0.2, 0) is 6.54 Å². The maximum absolute atomic E-state index is 3.97. The second kappa shape index (κ2) is 6.50. The van der Waals surface area contributed by atoms with E-state index in [1.807, 2.05) is 0 Å². The van der Waals surface area contributed by atoms with Crippen LogP contribution in [0.25, 0.3) is 21.8 Å². The number of nitrogens with zero attached hydrogens (tertiary/aromatic N) is 1. The number of fused-ring (bicyclic) bond motifs is 6. The quantitative estimate of drug-likeness (QED) is 0.355. The SMILES string of the molecule is CCn1c2ccccc2c2cc(C3Nc4c(C)cc(C)cc4C4C=CCC43)ccc21. The lowest BCUT2D eigenvalue weighted by Gasteiger charge is -2.38. The summed E-state index contributed by atoms with van der Waals surface area (Å²) in [4.78, 5) is 0. The number of anilines is 1. The van der Waals surface area contributed by atoms with E-state index in [9.17, 15) is 0 Å². The minimum Gasteiger partial charge on any atom is -0.377 e. The van der Waals surface area contributed by atoms with Gasteiger partial charge in [-0.3, -0.25) is 0 Å². The fourth-order valence-electron chi connectivity index (χ4n) is 6.01. The number of allylic oxidation sites excluding steroid dienone is 2. The first-order valence-electron chi connectivity index (χ1n) is 11.2. The van der Waals surface area contributed by atoms with Crippen LogP contribution >= 0.6 is 0 Å². The van der Waals surface area contributed by atoms with Crippen LogP contribution in [0.5, 0.6) is 0 Å². The molecule has 1 aliphatic carbocycles. The molecule has 2 nitrogen and oxygen atoms in total. The number of aromatic nitrogens is 1. The molecule has 6 rings (SSSR count). The second-order valence-electron chi connectivity index (χ2n) is 9.06. The lowest BCUT2D eigenvalue weighted by Crippen LogP contribution is -2.29. The van der Waals surface area contributed by atoms with Gasteiger partial charge in [0, 0.05) is 40.0 Å². The molecule has 1 aliphatic heterocycles. The van der Waals surface area contributed by atoms with Crippen molar-refractivity contribution in [3.8, 4) is 0 Å². The molecule has 0 radical (unpaired) electrons. The van der Waals surface area contributed by atoms with Crippen LogP contribution in [0.1, 0.15) is 47.6 Å². The summed E-state index contributed by atoms with van der Waals surface area (Å²) in [7, 11) is 0. The Labute approximate surface area is 178 Å². The summed E-state index contributed by atoms with van der Waals surface area (Å²) >= 11 is 0. The molecule has 0 spiro atoms. The molecule has 1 N–H and O–H groups in total. The summed E-state index contributed by atoms with van der Waals surface area (Å²) in [6.45, 7) is 7.68. The monoisotopic (exact) mass is 392 g/mol. The minimum absolute atomic E-state index is 0.340.